The summed E-state index contributed by atoms with van der Waals surface area (Å²) in [5, 5.41) is 8.51. The molecule has 0 unspecified atom stereocenters. The van der Waals surface area contributed by atoms with Crippen molar-refractivity contribution in [1.82, 2.24) is 5.32 Å². The van der Waals surface area contributed by atoms with Crippen LogP contribution in [-0.4, -0.2) is 46.3 Å². The lowest BCUT2D eigenvalue weighted by Gasteiger charge is -2.18. The van der Waals surface area contributed by atoms with Gasteiger partial charge in [0.15, 0.2) is 0 Å². The largest absolute Gasteiger partial charge is 0.385 e. The Hall–Kier alpha value is -3.06. The number of nitrogens with zero attached hydrogens (tertiary/aromatic N) is 1. The van der Waals surface area contributed by atoms with E-state index >= 15 is 0 Å². The summed E-state index contributed by atoms with van der Waals surface area (Å²) in [5.41, 5.74) is 3.68. The topological polar surface area (TPSA) is 82.7 Å². The lowest BCUT2D eigenvalue weighted by atomic mass is 10.1. The van der Waals surface area contributed by atoms with Gasteiger partial charge in [-0.05, 0) is 48.7 Å². The third kappa shape index (κ3) is 6.80. The molecular formula is C22H30N4O3. The molecule has 0 saturated carbocycles. The number of nitrogens with one attached hydrogen (secondary N) is 3. The highest BCUT2D eigenvalue weighted by Gasteiger charge is 2.14. The highest BCUT2D eigenvalue weighted by molar-refractivity contribution is 6.03. The van der Waals surface area contributed by atoms with Crippen molar-refractivity contribution in [3.05, 3.63) is 53.6 Å². The molecule has 0 bridgehead atoms. The van der Waals surface area contributed by atoms with Crippen molar-refractivity contribution in [1.29, 1.82) is 0 Å². The number of amides is 3. The number of carbonyl (C=O) groups is 2. The van der Waals surface area contributed by atoms with E-state index < -0.39 is 0 Å². The van der Waals surface area contributed by atoms with Crippen molar-refractivity contribution in [2.45, 2.75) is 19.8 Å². The molecule has 0 atom stereocenters. The lowest BCUT2D eigenvalue weighted by Crippen LogP contribution is -2.27. The second kappa shape index (κ2) is 11.1. The predicted molar refractivity (Wildman–Crippen MR) is 118 cm³/mol. The number of urea groups is 1. The minimum atomic E-state index is -0.359. The normalized spacial score (nSPS) is 10.3. The monoisotopic (exact) mass is 398 g/mol. The molecule has 3 amide bonds. The first-order chi connectivity index (χ1) is 13.9. The van der Waals surface area contributed by atoms with Crippen LogP contribution in [0.5, 0.6) is 0 Å². The number of benzene rings is 2. The molecule has 0 aliphatic heterocycles. The molecule has 2 aromatic rings. The quantitative estimate of drug-likeness (QED) is 0.562. The fraction of sp³-hybridized carbons (Fsp3) is 0.364. The number of aryl methyl sites for hydroxylation is 1. The maximum Gasteiger partial charge on any atom is 0.323 e. The number of hydrogen-bond acceptors (Lipinski definition) is 4. The first-order valence-corrected chi connectivity index (χ1v) is 9.70. The maximum atomic E-state index is 12.6. The van der Waals surface area contributed by atoms with Gasteiger partial charge in [-0.25, -0.2) is 4.79 Å². The Labute approximate surface area is 172 Å². The van der Waals surface area contributed by atoms with E-state index in [1.807, 2.05) is 49.3 Å². The van der Waals surface area contributed by atoms with E-state index in [9.17, 15) is 9.59 Å². The van der Waals surface area contributed by atoms with Crippen LogP contribution in [0.1, 0.15) is 29.3 Å². The Kier molecular flexibility index (Phi) is 8.48. The van der Waals surface area contributed by atoms with Crippen LogP contribution < -0.4 is 20.9 Å². The molecule has 0 saturated heterocycles. The van der Waals surface area contributed by atoms with Crippen molar-refractivity contribution in [3.8, 4) is 0 Å². The molecule has 29 heavy (non-hydrogen) atoms. The van der Waals surface area contributed by atoms with E-state index in [4.69, 9.17) is 4.74 Å². The number of ether oxygens (including phenoxy) is 1. The van der Waals surface area contributed by atoms with Crippen LogP contribution in [0, 0.1) is 0 Å². The van der Waals surface area contributed by atoms with Gasteiger partial charge in [0.1, 0.15) is 0 Å². The van der Waals surface area contributed by atoms with Crippen molar-refractivity contribution in [2.75, 3.05) is 49.9 Å². The summed E-state index contributed by atoms with van der Waals surface area (Å²) in [6.07, 6.45) is 1.63. The van der Waals surface area contributed by atoms with Gasteiger partial charge in [-0.3, -0.25) is 4.79 Å². The highest BCUT2D eigenvalue weighted by Crippen LogP contribution is 2.23. The smallest absolute Gasteiger partial charge is 0.323 e. The van der Waals surface area contributed by atoms with Gasteiger partial charge in [-0.2, -0.15) is 0 Å². The minimum Gasteiger partial charge on any atom is -0.385 e. The van der Waals surface area contributed by atoms with Gasteiger partial charge in [0.05, 0.1) is 5.56 Å². The van der Waals surface area contributed by atoms with E-state index in [1.165, 1.54) is 0 Å². The van der Waals surface area contributed by atoms with E-state index in [2.05, 4.69) is 22.9 Å². The molecule has 0 aliphatic carbocycles. The van der Waals surface area contributed by atoms with Crippen LogP contribution in [-0.2, 0) is 11.2 Å². The summed E-state index contributed by atoms with van der Waals surface area (Å²) in [4.78, 5) is 26.9. The van der Waals surface area contributed by atoms with E-state index in [-0.39, 0.29) is 11.9 Å². The molecule has 0 aromatic heterocycles. The number of carbonyl (C=O) groups excluding carboxylic acids is 2. The summed E-state index contributed by atoms with van der Waals surface area (Å²) in [6, 6.07) is 12.6. The zero-order chi connectivity index (χ0) is 21.2. The van der Waals surface area contributed by atoms with Crippen molar-refractivity contribution in [2.24, 2.45) is 0 Å². The van der Waals surface area contributed by atoms with Crippen molar-refractivity contribution < 1.29 is 14.3 Å². The number of rotatable bonds is 9. The Balaban J connectivity index is 2.10. The fourth-order valence-corrected chi connectivity index (χ4v) is 2.86. The first kappa shape index (κ1) is 22.2. The molecule has 0 radical (unpaired) electrons. The molecule has 0 spiro atoms. The predicted octanol–water partition coefficient (Wildman–Crippen LogP) is 3.73. The highest BCUT2D eigenvalue weighted by atomic mass is 16.5. The second-order valence-electron chi connectivity index (χ2n) is 6.86. The van der Waals surface area contributed by atoms with E-state index in [1.54, 1.807) is 19.2 Å². The average Bonchev–Trinajstić information content (AvgIpc) is 2.70. The number of hydrogen-bond donors (Lipinski definition) is 3. The van der Waals surface area contributed by atoms with Crippen LogP contribution >= 0.6 is 0 Å². The Morgan fingerprint density at radius 3 is 2.41 bits per heavy atom. The van der Waals surface area contributed by atoms with Gasteiger partial charge in [-0.15, -0.1) is 0 Å². The zero-order valence-corrected chi connectivity index (χ0v) is 17.5. The summed E-state index contributed by atoms with van der Waals surface area (Å²) < 4.78 is 5.00. The van der Waals surface area contributed by atoms with E-state index in [0.717, 1.165) is 29.8 Å². The maximum absolute atomic E-state index is 12.6. The van der Waals surface area contributed by atoms with Crippen LogP contribution in [0.4, 0.5) is 21.9 Å². The van der Waals surface area contributed by atoms with Gasteiger partial charge < -0.3 is 25.6 Å². The third-order valence-electron chi connectivity index (χ3n) is 4.38. The van der Waals surface area contributed by atoms with Crippen LogP contribution in [0.2, 0.25) is 0 Å². The van der Waals surface area contributed by atoms with Crippen molar-refractivity contribution >= 4 is 29.0 Å². The molecule has 156 valence electrons. The molecule has 0 fully saturated rings. The Morgan fingerprint density at radius 2 is 1.76 bits per heavy atom. The standard InChI is InChI=1S/C22H30N4O3/c1-5-16-8-6-9-17(14-16)24-22(28)25-18-10-11-20(26(2)3)19(15-18)21(27)23-12-7-13-29-4/h6,8-11,14-15H,5,7,12-13H2,1-4H3,(H,23,27)(H2,24,25,28). The Bertz CT molecular complexity index is 837. The van der Waals surface area contributed by atoms with Gasteiger partial charge in [0, 0.05) is 51.4 Å². The lowest BCUT2D eigenvalue weighted by molar-refractivity contribution is 0.0949. The first-order valence-electron chi connectivity index (χ1n) is 9.70. The zero-order valence-electron chi connectivity index (χ0n) is 17.5. The molecule has 2 rings (SSSR count). The molecule has 0 aliphatic rings. The van der Waals surface area contributed by atoms with Crippen LogP contribution in [0.15, 0.2) is 42.5 Å². The molecule has 2 aromatic carbocycles. The average molecular weight is 399 g/mol. The molecule has 0 heterocycles. The molecule has 3 N–H and O–H groups in total. The van der Waals surface area contributed by atoms with Crippen molar-refractivity contribution in [3.63, 3.8) is 0 Å². The minimum absolute atomic E-state index is 0.190. The van der Waals surface area contributed by atoms with Gasteiger partial charge in [-0.1, -0.05) is 19.1 Å². The summed E-state index contributed by atoms with van der Waals surface area (Å²) in [6.45, 7) is 3.17. The summed E-state index contributed by atoms with van der Waals surface area (Å²) >= 11 is 0. The van der Waals surface area contributed by atoms with E-state index in [0.29, 0.717) is 24.4 Å². The van der Waals surface area contributed by atoms with Gasteiger partial charge in [0.2, 0.25) is 0 Å². The summed E-state index contributed by atoms with van der Waals surface area (Å²) in [5.74, 6) is -0.190. The Morgan fingerprint density at radius 1 is 1.03 bits per heavy atom. The SMILES string of the molecule is CCc1cccc(NC(=O)Nc2ccc(N(C)C)c(C(=O)NCCCOC)c2)c1. The summed E-state index contributed by atoms with van der Waals surface area (Å²) in [7, 11) is 5.37. The van der Waals surface area contributed by atoms with Gasteiger partial charge >= 0.3 is 6.03 Å². The van der Waals surface area contributed by atoms with Crippen LogP contribution in [0.25, 0.3) is 0 Å². The third-order valence-corrected chi connectivity index (χ3v) is 4.38. The molecule has 7 heteroatoms. The second-order valence-corrected chi connectivity index (χ2v) is 6.86. The molecule has 7 nitrogen and oxygen atoms in total. The fourth-order valence-electron chi connectivity index (χ4n) is 2.86. The number of anilines is 3. The molecular weight excluding hydrogens is 368 g/mol. The van der Waals surface area contributed by atoms with Crippen LogP contribution in [0.3, 0.4) is 0 Å². The van der Waals surface area contributed by atoms with Gasteiger partial charge in [0.25, 0.3) is 5.91 Å². The number of methoxy groups -OCH3 is 1.